The van der Waals surface area contributed by atoms with Gasteiger partial charge in [0.15, 0.2) is 0 Å². The van der Waals surface area contributed by atoms with Crippen molar-refractivity contribution in [3.63, 3.8) is 0 Å². The fourth-order valence-electron chi connectivity index (χ4n) is 3.54. The molecule has 1 aromatic heterocycles. The molecule has 1 amide bonds. The van der Waals surface area contributed by atoms with Crippen molar-refractivity contribution in [3.8, 4) is 17.3 Å². The SMILES string of the molecule is CCn1nc(-c2ccc(C[C@@H](C#N)NC(=O)C3(N)CCCC3)cc2)ccc1=O. The number of rotatable bonds is 6. The molecule has 0 unspecified atom stereocenters. The number of aryl methyl sites for hydroxylation is 1. The number of nitriles is 1. The highest BCUT2D eigenvalue weighted by molar-refractivity contribution is 5.86. The smallest absolute Gasteiger partial charge is 0.266 e. The van der Waals surface area contributed by atoms with Crippen LogP contribution in [0.25, 0.3) is 11.3 Å². The Morgan fingerprint density at radius 2 is 1.96 bits per heavy atom. The van der Waals surface area contributed by atoms with E-state index in [0.29, 0.717) is 31.5 Å². The molecule has 28 heavy (non-hydrogen) atoms. The second kappa shape index (κ2) is 8.36. The third-order valence-electron chi connectivity index (χ3n) is 5.26. The van der Waals surface area contributed by atoms with Crippen molar-refractivity contribution >= 4 is 5.91 Å². The van der Waals surface area contributed by atoms with Crippen molar-refractivity contribution < 1.29 is 4.79 Å². The van der Waals surface area contributed by atoms with Gasteiger partial charge in [-0.25, -0.2) is 4.68 Å². The Kier molecular flexibility index (Phi) is 5.90. The first-order chi connectivity index (χ1) is 13.4. The van der Waals surface area contributed by atoms with Crippen LogP contribution < -0.4 is 16.6 Å². The molecule has 1 aliphatic rings. The van der Waals surface area contributed by atoms with Crippen LogP contribution in [0.5, 0.6) is 0 Å². The molecule has 0 saturated heterocycles. The lowest BCUT2D eigenvalue weighted by atomic mass is 9.96. The van der Waals surface area contributed by atoms with Crippen LogP contribution in [0.2, 0.25) is 0 Å². The maximum absolute atomic E-state index is 12.4. The minimum absolute atomic E-state index is 0.129. The van der Waals surface area contributed by atoms with Gasteiger partial charge in [0.1, 0.15) is 6.04 Å². The number of aromatic nitrogens is 2. The highest BCUT2D eigenvalue weighted by atomic mass is 16.2. The number of nitrogens with one attached hydrogen (secondary N) is 1. The third-order valence-corrected chi connectivity index (χ3v) is 5.26. The zero-order valence-electron chi connectivity index (χ0n) is 16.0. The predicted octanol–water partition coefficient (Wildman–Crippen LogP) is 1.75. The molecule has 1 heterocycles. The normalized spacial score (nSPS) is 16.3. The lowest BCUT2D eigenvalue weighted by Crippen LogP contribution is -2.54. The lowest BCUT2D eigenvalue weighted by molar-refractivity contribution is -0.126. The zero-order valence-corrected chi connectivity index (χ0v) is 16.0. The Labute approximate surface area is 164 Å². The zero-order chi connectivity index (χ0) is 20.1. The van der Waals surface area contributed by atoms with Crippen molar-refractivity contribution in [1.29, 1.82) is 5.26 Å². The molecule has 3 rings (SSSR count). The Morgan fingerprint density at radius 1 is 1.29 bits per heavy atom. The minimum Gasteiger partial charge on any atom is -0.338 e. The number of nitrogens with two attached hydrogens (primary N) is 1. The van der Waals surface area contributed by atoms with Crippen LogP contribution >= 0.6 is 0 Å². The van der Waals surface area contributed by atoms with Crippen LogP contribution in [-0.2, 0) is 17.8 Å². The molecule has 2 aromatic rings. The molecule has 1 atom stereocenters. The summed E-state index contributed by atoms with van der Waals surface area (Å²) in [5.41, 5.74) is 7.72. The van der Waals surface area contributed by atoms with Crippen LogP contribution in [0.1, 0.15) is 38.2 Å². The van der Waals surface area contributed by atoms with E-state index in [1.807, 2.05) is 31.2 Å². The highest BCUT2D eigenvalue weighted by Gasteiger charge is 2.37. The first-order valence-corrected chi connectivity index (χ1v) is 9.62. The van der Waals surface area contributed by atoms with E-state index in [4.69, 9.17) is 5.73 Å². The maximum Gasteiger partial charge on any atom is 0.266 e. The topological polar surface area (TPSA) is 114 Å². The van der Waals surface area contributed by atoms with E-state index in [1.54, 1.807) is 6.07 Å². The quantitative estimate of drug-likeness (QED) is 0.794. The van der Waals surface area contributed by atoms with Gasteiger partial charge in [-0.3, -0.25) is 9.59 Å². The molecule has 3 N–H and O–H groups in total. The molecule has 0 bridgehead atoms. The Bertz CT molecular complexity index is 937. The number of benzene rings is 1. The summed E-state index contributed by atoms with van der Waals surface area (Å²) in [7, 11) is 0. The van der Waals surface area contributed by atoms with E-state index in [9.17, 15) is 14.9 Å². The van der Waals surface area contributed by atoms with Crippen LogP contribution in [0.4, 0.5) is 0 Å². The van der Waals surface area contributed by atoms with Crippen LogP contribution in [0.15, 0.2) is 41.2 Å². The van der Waals surface area contributed by atoms with Gasteiger partial charge >= 0.3 is 0 Å². The first-order valence-electron chi connectivity index (χ1n) is 9.62. The van der Waals surface area contributed by atoms with Gasteiger partial charge in [0.2, 0.25) is 5.91 Å². The van der Waals surface area contributed by atoms with Crippen molar-refractivity contribution in [2.24, 2.45) is 5.73 Å². The van der Waals surface area contributed by atoms with Crippen molar-refractivity contribution in [2.45, 2.75) is 57.2 Å². The molecule has 1 aliphatic carbocycles. The van der Waals surface area contributed by atoms with E-state index >= 15 is 0 Å². The van der Waals surface area contributed by atoms with E-state index in [1.165, 1.54) is 10.7 Å². The van der Waals surface area contributed by atoms with Crippen molar-refractivity contribution in [1.82, 2.24) is 15.1 Å². The molecule has 0 radical (unpaired) electrons. The average molecular weight is 379 g/mol. The number of carbonyl (C=O) groups is 1. The molecule has 0 spiro atoms. The minimum atomic E-state index is -0.840. The number of amides is 1. The van der Waals surface area contributed by atoms with E-state index in [-0.39, 0.29) is 11.5 Å². The molecule has 1 fully saturated rings. The van der Waals surface area contributed by atoms with Gasteiger partial charge in [-0.1, -0.05) is 37.1 Å². The van der Waals surface area contributed by atoms with Gasteiger partial charge in [0.25, 0.3) is 5.56 Å². The Hall–Kier alpha value is -2.98. The molecular formula is C21H25N5O2. The van der Waals surface area contributed by atoms with Crippen LogP contribution in [0.3, 0.4) is 0 Å². The third kappa shape index (κ3) is 4.29. The lowest BCUT2D eigenvalue weighted by Gasteiger charge is -2.24. The largest absolute Gasteiger partial charge is 0.338 e. The monoisotopic (exact) mass is 379 g/mol. The maximum atomic E-state index is 12.4. The van der Waals surface area contributed by atoms with Gasteiger partial charge in [0.05, 0.1) is 17.3 Å². The Balaban J connectivity index is 1.68. The molecule has 0 aliphatic heterocycles. The molecule has 7 heteroatoms. The summed E-state index contributed by atoms with van der Waals surface area (Å²) in [6.07, 6.45) is 3.63. The Morgan fingerprint density at radius 3 is 2.57 bits per heavy atom. The van der Waals surface area contributed by atoms with E-state index < -0.39 is 11.6 Å². The van der Waals surface area contributed by atoms with Crippen LogP contribution in [-0.4, -0.2) is 27.3 Å². The number of hydrogen-bond acceptors (Lipinski definition) is 5. The van der Waals surface area contributed by atoms with Gasteiger partial charge in [-0.15, -0.1) is 0 Å². The average Bonchev–Trinajstić information content (AvgIpc) is 3.16. The van der Waals surface area contributed by atoms with Gasteiger partial charge in [-0.2, -0.15) is 10.4 Å². The number of nitrogens with zero attached hydrogens (tertiary/aromatic N) is 3. The summed E-state index contributed by atoms with van der Waals surface area (Å²) in [5, 5.41) is 16.6. The summed E-state index contributed by atoms with van der Waals surface area (Å²) in [6.45, 7) is 2.38. The molecule has 1 saturated carbocycles. The van der Waals surface area contributed by atoms with Gasteiger partial charge in [-0.05, 0) is 31.4 Å². The summed E-state index contributed by atoms with van der Waals surface area (Å²) >= 11 is 0. The molecule has 146 valence electrons. The molecule has 7 nitrogen and oxygen atoms in total. The van der Waals surface area contributed by atoms with Crippen molar-refractivity contribution in [3.05, 3.63) is 52.3 Å². The summed E-state index contributed by atoms with van der Waals surface area (Å²) in [4.78, 5) is 24.1. The van der Waals surface area contributed by atoms with Crippen LogP contribution in [0, 0.1) is 11.3 Å². The molecule has 1 aromatic carbocycles. The van der Waals surface area contributed by atoms with E-state index in [0.717, 1.165) is 24.0 Å². The van der Waals surface area contributed by atoms with Gasteiger partial charge in [0, 0.05) is 24.6 Å². The molecular weight excluding hydrogens is 354 g/mol. The summed E-state index contributed by atoms with van der Waals surface area (Å²) in [5.74, 6) is -0.237. The second-order valence-electron chi connectivity index (χ2n) is 7.29. The fourth-order valence-corrected chi connectivity index (χ4v) is 3.54. The fraction of sp³-hybridized carbons (Fsp3) is 0.429. The van der Waals surface area contributed by atoms with Gasteiger partial charge < -0.3 is 11.1 Å². The predicted molar refractivity (Wildman–Crippen MR) is 106 cm³/mol. The van der Waals surface area contributed by atoms with Crippen molar-refractivity contribution in [2.75, 3.05) is 0 Å². The second-order valence-corrected chi connectivity index (χ2v) is 7.29. The number of hydrogen-bond donors (Lipinski definition) is 2. The van der Waals surface area contributed by atoms with E-state index in [2.05, 4.69) is 16.5 Å². The highest BCUT2D eigenvalue weighted by Crippen LogP contribution is 2.27. The number of carbonyl (C=O) groups excluding carboxylic acids is 1. The summed E-state index contributed by atoms with van der Waals surface area (Å²) in [6, 6.07) is 12.3. The first kappa shape index (κ1) is 19.8. The standard InChI is InChI=1S/C21H25N5O2/c1-2-26-19(27)10-9-18(25-26)16-7-5-15(6-8-16)13-17(14-22)24-20(28)21(23)11-3-4-12-21/h5-10,17H,2-4,11-13,23H2,1H3,(H,24,28)/t17-/m0/s1. The summed E-state index contributed by atoms with van der Waals surface area (Å²) < 4.78 is 1.41.